The van der Waals surface area contributed by atoms with Gasteiger partial charge in [0, 0.05) is 17.4 Å². The van der Waals surface area contributed by atoms with Crippen molar-refractivity contribution < 1.29 is 33.3 Å². The van der Waals surface area contributed by atoms with Gasteiger partial charge in [-0.2, -0.15) is 0 Å². The molecule has 0 aromatic carbocycles. The normalized spacial score (nSPS) is 46.8. The summed E-state index contributed by atoms with van der Waals surface area (Å²) in [5.74, 6) is 0.0789. The molecule has 9 atom stereocenters. The van der Waals surface area contributed by atoms with Crippen molar-refractivity contribution in [3.8, 4) is 0 Å². The third-order valence-corrected chi connectivity index (χ3v) is 11.5. The second kappa shape index (κ2) is 8.53. The van der Waals surface area contributed by atoms with Crippen LogP contribution in [0.5, 0.6) is 0 Å². The zero-order chi connectivity index (χ0) is 26.5. The molecule has 2 saturated carbocycles. The second-order valence-electron chi connectivity index (χ2n) is 13.6. The highest BCUT2D eigenvalue weighted by Gasteiger charge is 3.01. The largest absolute Gasteiger partial charge is 0.458 e. The summed E-state index contributed by atoms with van der Waals surface area (Å²) in [5.41, 5.74) is 0.0739. The molecule has 0 aromatic heterocycles. The Kier molecular flexibility index (Phi) is 5.73. The van der Waals surface area contributed by atoms with Gasteiger partial charge in [0.15, 0.2) is 11.7 Å². The van der Waals surface area contributed by atoms with E-state index in [0.717, 1.165) is 36.8 Å². The van der Waals surface area contributed by atoms with Crippen LogP contribution in [0.4, 0.5) is 0 Å². The molecule has 210 valence electrons. The van der Waals surface area contributed by atoms with E-state index in [4.69, 9.17) is 23.7 Å². The van der Waals surface area contributed by atoms with E-state index in [1.54, 1.807) is 0 Å². The number of unbranched alkanes of at least 4 members (excludes halogenated alkanes) is 7. The summed E-state index contributed by atoms with van der Waals surface area (Å²) in [5, 5.41) is 0. The van der Waals surface area contributed by atoms with Crippen molar-refractivity contribution in [2.45, 2.75) is 146 Å². The molecule has 5 fully saturated rings. The quantitative estimate of drug-likeness (QED) is 0.207. The van der Waals surface area contributed by atoms with Crippen LogP contribution in [0, 0.1) is 17.3 Å². The summed E-state index contributed by atoms with van der Waals surface area (Å²) >= 11 is 0. The molecule has 0 amide bonds. The van der Waals surface area contributed by atoms with Gasteiger partial charge in [0.2, 0.25) is 0 Å². The maximum atomic E-state index is 13.3. The van der Waals surface area contributed by atoms with Crippen molar-refractivity contribution in [3.63, 3.8) is 0 Å². The first kappa shape index (κ1) is 25.5. The summed E-state index contributed by atoms with van der Waals surface area (Å²) in [4.78, 5) is 25.6. The predicted octanol–water partition coefficient (Wildman–Crippen LogP) is 5.18. The standard InChI is InChI=1S/C31H44O7/c1-5-6-7-8-9-10-11-12-13-23(32)35-27-29(18(2)3)24(37-29)25-31(38-25)28(4)15-14-19-20(17-34-26(19)33)21(28)16-22-30(27,31)36-22/h18,21-22,24-25,27H,5-17H2,1-4H3/t21-,22-,24-,25-,27+,28-,29-,30+,31+/m0/s1. The molecule has 0 N–H and O–H groups in total. The van der Waals surface area contributed by atoms with Crippen LogP contribution in [0.15, 0.2) is 11.1 Å². The number of esters is 2. The fraction of sp³-hybridized carbons (Fsp3) is 0.871. The van der Waals surface area contributed by atoms with E-state index in [0.29, 0.717) is 19.4 Å². The molecule has 0 unspecified atom stereocenters. The highest BCUT2D eigenvalue weighted by Crippen LogP contribution is 2.83. The maximum absolute atomic E-state index is 13.3. The number of ether oxygens (including phenoxy) is 5. The lowest BCUT2D eigenvalue weighted by Gasteiger charge is -2.53. The molecule has 3 aliphatic carbocycles. The van der Waals surface area contributed by atoms with Crippen molar-refractivity contribution in [2.24, 2.45) is 17.3 Å². The number of rotatable bonds is 11. The summed E-state index contributed by atoms with van der Waals surface area (Å²) in [6, 6.07) is 0. The first-order valence-electron chi connectivity index (χ1n) is 15.4. The Bertz CT molecular complexity index is 1070. The lowest BCUT2D eigenvalue weighted by atomic mass is 9.46. The number of hydrogen-bond donors (Lipinski definition) is 0. The number of cyclic esters (lactones) is 1. The van der Waals surface area contributed by atoms with Crippen molar-refractivity contribution in [3.05, 3.63) is 11.1 Å². The molecule has 7 rings (SSSR count). The lowest BCUT2D eigenvalue weighted by Crippen LogP contribution is -2.70. The summed E-state index contributed by atoms with van der Waals surface area (Å²) in [6.07, 6.45) is 11.7. The van der Waals surface area contributed by atoms with Gasteiger partial charge in [-0.25, -0.2) is 4.79 Å². The van der Waals surface area contributed by atoms with Gasteiger partial charge in [0.05, 0.1) is 6.10 Å². The average Bonchev–Trinajstić information content (AvgIpc) is 3.79. The van der Waals surface area contributed by atoms with Gasteiger partial charge < -0.3 is 23.7 Å². The number of epoxide rings is 3. The number of carbonyl (C=O) groups is 2. The Labute approximate surface area is 226 Å². The van der Waals surface area contributed by atoms with Crippen LogP contribution in [0.1, 0.15) is 105 Å². The predicted molar refractivity (Wildman–Crippen MR) is 138 cm³/mol. The van der Waals surface area contributed by atoms with Gasteiger partial charge in [-0.05, 0) is 43.1 Å². The summed E-state index contributed by atoms with van der Waals surface area (Å²) in [7, 11) is 0. The molecular weight excluding hydrogens is 484 g/mol. The Morgan fingerprint density at radius 1 is 1.03 bits per heavy atom. The van der Waals surface area contributed by atoms with E-state index in [1.807, 2.05) is 0 Å². The lowest BCUT2D eigenvalue weighted by molar-refractivity contribution is -0.169. The first-order valence-corrected chi connectivity index (χ1v) is 15.4. The fourth-order valence-corrected chi connectivity index (χ4v) is 9.44. The Hall–Kier alpha value is -1.44. The SMILES string of the molecule is CCCCCCCCCCC(=O)O[C@@H]1[C@@]2(C(C)C)O[C@H]2[C@@H]2O[C@]23[C@]12O[C@H]2C[C@H]1C2=C(CC[C@@]13C)C(=O)OC2. The molecule has 0 bridgehead atoms. The van der Waals surface area contributed by atoms with E-state index in [2.05, 4.69) is 27.7 Å². The van der Waals surface area contributed by atoms with Crippen molar-refractivity contribution in [1.82, 2.24) is 0 Å². The molecule has 7 heteroatoms. The number of fused-ring (bicyclic) bond motifs is 4. The van der Waals surface area contributed by atoms with Gasteiger partial charge in [0.25, 0.3) is 0 Å². The molecule has 4 heterocycles. The minimum atomic E-state index is -0.656. The molecular formula is C31H44O7. The highest BCUT2D eigenvalue weighted by atomic mass is 16.8. The van der Waals surface area contributed by atoms with Crippen LogP contribution in [0.25, 0.3) is 0 Å². The Morgan fingerprint density at radius 2 is 1.76 bits per heavy atom. The maximum Gasteiger partial charge on any atom is 0.334 e. The van der Waals surface area contributed by atoms with E-state index in [9.17, 15) is 9.59 Å². The monoisotopic (exact) mass is 528 g/mol. The third-order valence-electron chi connectivity index (χ3n) is 11.5. The van der Waals surface area contributed by atoms with Crippen LogP contribution in [-0.4, -0.2) is 59.8 Å². The van der Waals surface area contributed by atoms with E-state index < -0.39 is 22.9 Å². The van der Waals surface area contributed by atoms with Crippen LogP contribution in [-0.2, 0) is 33.3 Å². The van der Waals surface area contributed by atoms with E-state index in [-0.39, 0.29) is 47.5 Å². The van der Waals surface area contributed by atoms with Crippen LogP contribution in [0.3, 0.4) is 0 Å². The van der Waals surface area contributed by atoms with Crippen LogP contribution >= 0.6 is 0 Å². The average molecular weight is 529 g/mol. The van der Waals surface area contributed by atoms with Gasteiger partial charge in [0.1, 0.15) is 30.0 Å². The Balaban J connectivity index is 1.10. The molecule has 3 saturated heterocycles. The smallest absolute Gasteiger partial charge is 0.334 e. The van der Waals surface area contributed by atoms with Crippen LogP contribution in [0.2, 0.25) is 0 Å². The van der Waals surface area contributed by atoms with Gasteiger partial charge in [-0.1, -0.05) is 72.6 Å². The fourth-order valence-electron chi connectivity index (χ4n) is 9.44. The Morgan fingerprint density at radius 3 is 2.50 bits per heavy atom. The minimum Gasteiger partial charge on any atom is -0.458 e. The van der Waals surface area contributed by atoms with Crippen molar-refractivity contribution in [2.75, 3.05) is 6.61 Å². The topological polar surface area (TPSA) is 90.2 Å². The van der Waals surface area contributed by atoms with Crippen molar-refractivity contribution >= 4 is 11.9 Å². The molecule has 2 spiro atoms. The highest BCUT2D eigenvalue weighted by molar-refractivity contribution is 5.92. The molecule has 0 aromatic rings. The summed E-state index contributed by atoms with van der Waals surface area (Å²) in [6.45, 7) is 9.27. The van der Waals surface area contributed by atoms with Gasteiger partial charge in [-0.15, -0.1) is 0 Å². The number of hydrogen-bond acceptors (Lipinski definition) is 7. The van der Waals surface area contributed by atoms with Crippen LogP contribution < -0.4 is 0 Å². The molecule has 7 nitrogen and oxygen atoms in total. The molecule has 4 aliphatic heterocycles. The zero-order valence-electron chi connectivity index (χ0n) is 23.5. The zero-order valence-corrected chi connectivity index (χ0v) is 23.5. The van der Waals surface area contributed by atoms with E-state index >= 15 is 0 Å². The second-order valence-corrected chi connectivity index (χ2v) is 13.6. The molecule has 38 heavy (non-hydrogen) atoms. The minimum absolute atomic E-state index is 0.0504. The van der Waals surface area contributed by atoms with Gasteiger partial charge in [-0.3, -0.25) is 4.79 Å². The van der Waals surface area contributed by atoms with Gasteiger partial charge >= 0.3 is 11.9 Å². The first-order chi connectivity index (χ1) is 18.3. The summed E-state index contributed by atoms with van der Waals surface area (Å²) < 4.78 is 31.9. The third kappa shape index (κ3) is 3.07. The molecule has 0 radical (unpaired) electrons. The number of carbonyl (C=O) groups excluding carboxylic acids is 2. The van der Waals surface area contributed by atoms with E-state index in [1.165, 1.54) is 38.5 Å². The van der Waals surface area contributed by atoms with Crippen molar-refractivity contribution in [1.29, 1.82) is 0 Å². The molecule has 7 aliphatic rings.